The van der Waals surface area contributed by atoms with Crippen LogP contribution < -0.4 is 14.4 Å². The first-order valence-electron chi connectivity index (χ1n) is 9.34. The van der Waals surface area contributed by atoms with E-state index < -0.39 is 0 Å². The fourth-order valence-corrected chi connectivity index (χ4v) is 3.15. The minimum Gasteiger partial charge on any atom is -0.497 e. The molecule has 9 heteroatoms. The monoisotopic (exact) mass is 394 g/mol. The van der Waals surface area contributed by atoms with Gasteiger partial charge in [-0.25, -0.2) is 4.98 Å². The lowest BCUT2D eigenvalue weighted by molar-refractivity contribution is 0.0740. The molecule has 9 nitrogen and oxygen atoms in total. The summed E-state index contributed by atoms with van der Waals surface area (Å²) < 4.78 is 10.9. The Labute approximate surface area is 168 Å². The van der Waals surface area contributed by atoms with Gasteiger partial charge < -0.3 is 19.3 Å². The van der Waals surface area contributed by atoms with Crippen LogP contribution in [0.3, 0.4) is 0 Å². The van der Waals surface area contributed by atoms with Crippen molar-refractivity contribution in [2.24, 2.45) is 0 Å². The van der Waals surface area contributed by atoms with Gasteiger partial charge in [-0.15, -0.1) is 0 Å². The second kappa shape index (κ2) is 8.59. The van der Waals surface area contributed by atoms with Gasteiger partial charge in [-0.1, -0.05) is 6.07 Å². The third-order valence-corrected chi connectivity index (χ3v) is 4.73. The Morgan fingerprint density at radius 3 is 2.72 bits per heavy atom. The van der Waals surface area contributed by atoms with Gasteiger partial charge in [-0.3, -0.25) is 14.9 Å². The van der Waals surface area contributed by atoms with Crippen molar-refractivity contribution in [1.82, 2.24) is 25.1 Å². The lowest BCUT2D eigenvalue weighted by atomic mass is 10.2. The molecule has 1 aliphatic heterocycles. The van der Waals surface area contributed by atoms with Gasteiger partial charge in [-0.2, -0.15) is 5.10 Å². The van der Waals surface area contributed by atoms with Gasteiger partial charge in [0.05, 0.1) is 19.0 Å². The average molecular weight is 394 g/mol. The van der Waals surface area contributed by atoms with Gasteiger partial charge in [0.1, 0.15) is 23.9 Å². The Balaban J connectivity index is 1.31. The maximum atomic E-state index is 12.8. The van der Waals surface area contributed by atoms with Gasteiger partial charge in [0.2, 0.25) is 0 Å². The number of nitrogens with zero attached hydrogens (tertiary/aromatic N) is 5. The molecular weight excluding hydrogens is 372 g/mol. The molecule has 150 valence electrons. The van der Waals surface area contributed by atoms with Gasteiger partial charge >= 0.3 is 0 Å². The van der Waals surface area contributed by atoms with Crippen molar-refractivity contribution in [3.63, 3.8) is 0 Å². The molecule has 0 spiro atoms. The highest BCUT2D eigenvalue weighted by Gasteiger charge is 2.24. The van der Waals surface area contributed by atoms with Crippen molar-refractivity contribution in [2.45, 2.75) is 6.61 Å². The van der Waals surface area contributed by atoms with Crippen LogP contribution in [0.15, 0.2) is 48.9 Å². The Kier molecular flexibility index (Phi) is 5.55. The number of carbonyl (C=O) groups excluding carboxylic acids is 1. The topological polar surface area (TPSA) is 96.5 Å². The van der Waals surface area contributed by atoms with Crippen LogP contribution in [-0.4, -0.2) is 64.3 Å². The number of piperazine rings is 1. The summed E-state index contributed by atoms with van der Waals surface area (Å²) in [6, 6.07) is 9.10. The normalized spacial score (nSPS) is 14.0. The second-order valence-corrected chi connectivity index (χ2v) is 6.59. The van der Waals surface area contributed by atoms with E-state index in [1.165, 1.54) is 0 Å². The fourth-order valence-electron chi connectivity index (χ4n) is 3.15. The molecule has 1 fully saturated rings. The first-order chi connectivity index (χ1) is 14.2. The molecule has 3 aromatic rings. The van der Waals surface area contributed by atoms with E-state index in [9.17, 15) is 4.79 Å². The van der Waals surface area contributed by atoms with Gasteiger partial charge in [0, 0.05) is 44.6 Å². The minimum absolute atomic E-state index is 0.0901. The predicted octanol–water partition coefficient (Wildman–Crippen LogP) is 1.75. The SMILES string of the molecule is COc1cccc(OCc2cc(C(=O)N3CCN(c4cnccn4)CC3)n[nH]2)c1. The summed E-state index contributed by atoms with van der Waals surface area (Å²) in [6.07, 6.45) is 5.06. The zero-order chi connectivity index (χ0) is 20.1. The largest absolute Gasteiger partial charge is 0.497 e. The fraction of sp³-hybridized carbons (Fsp3) is 0.300. The highest BCUT2D eigenvalue weighted by atomic mass is 16.5. The van der Waals surface area contributed by atoms with Crippen LogP contribution >= 0.6 is 0 Å². The molecule has 29 heavy (non-hydrogen) atoms. The van der Waals surface area contributed by atoms with Crippen molar-refractivity contribution in [1.29, 1.82) is 0 Å². The predicted molar refractivity (Wildman–Crippen MR) is 106 cm³/mol. The number of H-pyrrole nitrogens is 1. The molecule has 0 bridgehead atoms. The van der Waals surface area contributed by atoms with Gasteiger partial charge in [0.15, 0.2) is 5.69 Å². The molecule has 2 aromatic heterocycles. The number of methoxy groups -OCH3 is 1. The number of rotatable bonds is 6. The van der Waals surface area contributed by atoms with Gasteiger partial charge in [-0.05, 0) is 18.2 Å². The molecule has 0 saturated carbocycles. The van der Waals surface area contributed by atoms with Crippen LogP contribution in [0.25, 0.3) is 0 Å². The van der Waals surface area contributed by atoms with Crippen molar-refractivity contribution in [3.8, 4) is 11.5 Å². The quantitative estimate of drug-likeness (QED) is 0.680. The third-order valence-electron chi connectivity index (χ3n) is 4.73. The number of hydrogen-bond acceptors (Lipinski definition) is 7. The van der Waals surface area contributed by atoms with E-state index in [-0.39, 0.29) is 12.5 Å². The molecule has 1 aliphatic rings. The Morgan fingerprint density at radius 2 is 1.97 bits per heavy atom. The van der Waals surface area contributed by atoms with E-state index in [1.54, 1.807) is 42.7 Å². The molecule has 3 heterocycles. The van der Waals surface area contributed by atoms with Crippen LogP contribution in [-0.2, 0) is 6.61 Å². The van der Waals surface area contributed by atoms with Crippen LogP contribution in [0, 0.1) is 0 Å². The first-order valence-corrected chi connectivity index (χ1v) is 9.34. The summed E-state index contributed by atoms with van der Waals surface area (Å²) in [4.78, 5) is 25.1. The summed E-state index contributed by atoms with van der Waals surface area (Å²) in [7, 11) is 1.61. The van der Waals surface area contributed by atoms with E-state index in [4.69, 9.17) is 9.47 Å². The summed E-state index contributed by atoms with van der Waals surface area (Å²) >= 11 is 0. The summed E-state index contributed by atoms with van der Waals surface area (Å²) in [6.45, 7) is 2.92. The lowest BCUT2D eigenvalue weighted by Gasteiger charge is -2.34. The van der Waals surface area contributed by atoms with Crippen LogP contribution in [0.4, 0.5) is 5.82 Å². The number of benzene rings is 1. The zero-order valence-electron chi connectivity index (χ0n) is 16.1. The Bertz CT molecular complexity index is 954. The minimum atomic E-state index is -0.0901. The van der Waals surface area contributed by atoms with Crippen molar-refractivity contribution in [2.75, 3.05) is 38.2 Å². The second-order valence-electron chi connectivity index (χ2n) is 6.59. The molecule has 1 N–H and O–H groups in total. The number of anilines is 1. The van der Waals surface area contributed by atoms with Crippen LogP contribution in [0.2, 0.25) is 0 Å². The number of carbonyl (C=O) groups is 1. The summed E-state index contributed by atoms with van der Waals surface area (Å²) in [5, 5.41) is 7.03. The maximum Gasteiger partial charge on any atom is 0.274 e. The smallest absolute Gasteiger partial charge is 0.274 e. The number of nitrogens with one attached hydrogen (secondary N) is 1. The molecule has 1 aromatic carbocycles. The zero-order valence-corrected chi connectivity index (χ0v) is 16.1. The Hall–Kier alpha value is -3.62. The molecule has 1 saturated heterocycles. The average Bonchev–Trinajstić information content (AvgIpc) is 3.27. The molecule has 4 rings (SSSR count). The van der Waals surface area contributed by atoms with Crippen molar-refractivity contribution in [3.05, 3.63) is 60.3 Å². The molecule has 0 aliphatic carbocycles. The molecule has 0 unspecified atom stereocenters. The molecule has 1 amide bonds. The van der Waals surface area contributed by atoms with E-state index in [0.717, 1.165) is 17.3 Å². The van der Waals surface area contributed by atoms with Gasteiger partial charge in [0.25, 0.3) is 5.91 Å². The Morgan fingerprint density at radius 1 is 1.14 bits per heavy atom. The number of amides is 1. The van der Waals surface area contributed by atoms with E-state index in [2.05, 4.69) is 25.1 Å². The van der Waals surface area contributed by atoms with E-state index >= 15 is 0 Å². The molecule has 0 radical (unpaired) electrons. The van der Waals surface area contributed by atoms with Crippen molar-refractivity contribution >= 4 is 11.7 Å². The maximum absolute atomic E-state index is 12.8. The molecule has 0 atom stereocenters. The number of aromatic nitrogens is 4. The first kappa shape index (κ1) is 18.7. The van der Waals surface area contributed by atoms with Crippen molar-refractivity contribution < 1.29 is 14.3 Å². The highest BCUT2D eigenvalue weighted by molar-refractivity contribution is 5.92. The summed E-state index contributed by atoms with van der Waals surface area (Å²) in [5.74, 6) is 2.15. The summed E-state index contributed by atoms with van der Waals surface area (Å²) in [5.41, 5.74) is 1.12. The van der Waals surface area contributed by atoms with Crippen LogP contribution in [0.5, 0.6) is 11.5 Å². The number of ether oxygens (including phenoxy) is 2. The highest BCUT2D eigenvalue weighted by Crippen LogP contribution is 2.20. The number of aromatic amines is 1. The van der Waals surface area contributed by atoms with Crippen LogP contribution in [0.1, 0.15) is 16.2 Å². The number of hydrogen-bond donors (Lipinski definition) is 1. The standard InChI is InChI=1S/C20H22N6O3/c1-28-16-3-2-4-17(12-16)29-14-15-11-18(24-23-15)20(27)26-9-7-25(8-10-26)19-13-21-5-6-22-19/h2-6,11-13H,7-10,14H2,1H3,(H,23,24). The molecular formula is C20H22N6O3. The van der Waals surface area contributed by atoms with E-state index in [0.29, 0.717) is 37.6 Å². The lowest BCUT2D eigenvalue weighted by Crippen LogP contribution is -2.49. The third kappa shape index (κ3) is 4.45. The van der Waals surface area contributed by atoms with E-state index in [1.807, 2.05) is 18.2 Å².